The van der Waals surface area contributed by atoms with Crippen LogP contribution >= 0.6 is 0 Å². The van der Waals surface area contributed by atoms with Gasteiger partial charge in [0.25, 0.3) is 0 Å². The minimum atomic E-state index is 0.541. The Morgan fingerprint density at radius 1 is 1.32 bits per heavy atom. The van der Waals surface area contributed by atoms with E-state index < -0.39 is 0 Å². The molecule has 3 nitrogen and oxygen atoms in total. The molecule has 0 aromatic carbocycles. The van der Waals surface area contributed by atoms with E-state index in [-0.39, 0.29) is 0 Å². The van der Waals surface area contributed by atoms with Crippen molar-refractivity contribution >= 4 is 0 Å². The topological polar surface area (TPSA) is 29.9 Å². The number of aryl methyl sites for hydroxylation is 2. The molecule has 3 unspecified atom stereocenters. The summed E-state index contributed by atoms with van der Waals surface area (Å²) in [7, 11) is 0. The second-order valence-corrected chi connectivity index (χ2v) is 6.09. The van der Waals surface area contributed by atoms with Crippen LogP contribution in [0.25, 0.3) is 0 Å². The summed E-state index contributed by atoms with van der Waals surface area (Å²) in [5.74, 6) is 0.869. The minimum absolute atomic E-state index is 0.541. The zero-order chi connectivity index (χ0) is 13.8. The van der Waals surface area contributed by atoms with Crippen molar-refractivity contribution in [2.45, 2.75) is 71.9 Å². The molecule has 3 atom stereocenters. The molecule has 1 aliphatic carbocycles. The van der Waals surface area contributed by atoms with Crippen molar-refractivity contribution in [1.29, 1.82) is 0 Å². The van der Waals surface area contributed by atoms with Crippen molar-refractivity contribution in [2.75, 3.05) is 6.54 Å². The molecular formula is C16H29N3. The summed E-state index contributed by atoms with van der Waals surface area (Å²) in [5.41, 5.74) is 2.45. The molecule has 19 heavy (non-hydrogen) atoms. The third kappa shape index (κ3) is 3.38. The average Bonchev–Trinajstić information content (AvgIpc) is 2.75. The van der Waals surface area contributed by atoms with Gasteiger partial charge in [-0.25, -0.2) is 0 Å². The quantitative estimate of drug-likeness (QED) is 0.879. The van der Waals surface area contributed by atoms with E-state index in [1.807, 2.05) is 0 Å². The molecule has 0 aliphatic heterocycles. The zero-order valence-corrected chi connectivity index (χ0v) is 12.9. The molecule has 0 amide bonds. The van der Waals surface area contributed by atoms with Crippen LogP contribution in [0.1, 0.15) is 63.4 Å². The van der Waals surface area contributed by atoms with Crippen LogP contribution in [-0.2, 0) is 0 Å². The third-order valence-corrected chi connectivity index (χ3v) is 4.52. The fourth-order valence-electron chi connectivity index (χ4n) is 3.42. The van der Waals surface area contributed by atoms with E-state index in [0.29, 0.717) is 12.1 Å². The Morgan fingerprint density at radius 2 is 2.11 bits per heavy atom. The molecule has 1 fully saturated rings. The number of nitrogens with one attached hydrogen (secondary N) is 1. The lowest BCUT2D eigenvalue weighted by atomic mass is 9.81. The average molecular weight is 263 g/mol. The fraction of sp³-hybridized carbons (Fsp3) is 0.812. The highest BCUT2D eigenvalue weighted by atomic mass is 15.3. The van der Waals surface area contributed by atoms with E-state index in [1.54, 1.807) is 0 Å². The normalized spacial score (nSPS) is 27.7. The Balaban J connectivity index is 2.16. The molecule has 0 saturated heterocycles. The molecular weight excluding hydrogens is 234 g/mol. The maximum absolute atomic E-state index is 4.74. The van der Waals surface area contributed by atoms with Gasteiger partial charge in [0, 0.05) is 11.7 Å². The molecule has 1 aromatic rings. The highest BCUT2D eigenvalue weighted by molar-refractivity contribution is 5.09. The predicted octanol–water partition coefficient (Wildman–Crippen LogP) is 3.62. The van der Waals surface area contributed by atoms with Crippen molar-refractivity contribution < 1.29 is 0 Å². The Bertz CT molecular complexity index is 397. The largest absolute Gasteiger partial charge is 0.312 e. The summed E-state index contributed by atoms with van der Waals surface area (Å²) in [6.07, 6.45) is 6.45. The van der Waals surface area contributed by atoms with Gasteiger partial charge in [-0.15, -0.1) is 0 Å². The highest BCUT2D eigenvalue weighted by Gasteiger charge is 2.31. The molecule has 1 heterocycles. The summed E-state index contributed by atoms with van der Waals surface area (Å²) < 4.78 is 2.28. The summed E-state index contributed by atoms with van der Waals surface area (Å²) in [6, 6.07) is 3.34. The van der Waals surface area contributed by atoms with Gasteiger partial charge in [-0.2, -0.15) is 5.10 Å². The Morgan fingerprint density at radius 3 is 2.68 bits per heavy atom. The summed E-state index contributed by atoms with van der Waals surface area (Å²) >= 11 is 0. The summed E-state index contributed by atoms with van der Waals surface area (Å²) in [5, 5.41) is 8.48. The molecule has 1 N–H and O–H groups in total. The van der Waals surface area contributed by atoms with Gasteiger partial charge in [-0.05, 0) is 58.1 Å². The van der Waals surface area contributed by atoms with Gasteiger partial charge in [0.1, 0.15) is 0 Å². The van der Waals surface area contributed by atoms with Crippen molar-refractivity contribution in [1.82, 2.24) is 15.1 Å². The van der Waals surface area contributed by atoms with Crippen molar-refractivity contribution in [3.63, 3.8) is 0 Å². The number of hydrogen-bond acceptors (Lipinski definition) is 2. The van der Waals surface area contributed by atoms with Crippen LogP contribution in [0.3, 0.4) is 0 Å². The summed E-state index contributed by atoms with van der Waals surface area (Å²) in [6.45, 7) is 9.97. The minimum Gasteiger partial charge on any atom is -0.312 e. The second-order valence-electron chi connectivity index (χ2n) is 6.09. The first-order valence-electron chi connectivity index (χ1n) is 7.91. The lowest BCUT2D eigenvalue weighted by molar-refractivity contribution is 0.188. The molecule has 1 aromatic heterocycles. The Kier molecular flexibility index (Phi) is 5.03. The van der Waals surface area contributed by atoms with Gasteiger partial charge in [-0.3, -0.25) is 4.68 Å². The second kappa shape index (κ2) is 6.56. The molecule has 0 spiro atoms. The van der Waals surface area contributed by atoms with E-state index >= 15 is 0 Å². The number of nitrogens with zero attached hydrogens (tertiary/aromatic N) is 2. The van der Waals surface area contributed by atoms with Crippen LogP contribution in [0.15, 0.2) is 6.07 Å². The van der Waals surface area contributed by atoms with Gasteiger partial charge in [0.15, 0.2) is 0 Å². The predicted molar refractivity (Wildman–Crippen MR) is 80.5 cm³/mol. The van der Waals surface area contributed by atoms with Crippen LogP contribution in [-0.4, -0.2) is 22.4 Å². The smallest absolute Gasteiger partial charge is 0.0677 e. The third-order valence-electron chi connectivity index (χ3n) is 4.52. The Labute approximate surface area is 117 Å². The van der Waals surface area contributed by atoms with Gasteiger partial charge in [-0.1, -0.05) is 20.3 Å². The highest BCUT2D eigenvalue weighted by Crippen LogP contribution is 2.35. The van der Waals surface area contributed by atoms with Crippen LogP contribution in [0.5, 0.6) is 0 Å². The maximum Gasteiger partial charge on any atom is 0.0677 e. The first-order chi connectivity index (χ1) is 9.15. The van der Waals surface area contributed by atoms with Crippen molar-refractivity contribution in [3.05, 3.63) is 17.5 Å². The molecule has 0 radical (unpaired) electrons. The molecule has 1 aliphatic rings. The van der Waals surface area contributed by atoms with E-state index in [2.05, 4.69) is 43.8 Å². The standard InChI is InChI=1S/C16H29N3/c1-5-9-17-15-8-7-14(6-2)11-16(15)19-13(4)10-12(3)18-19/h10,14-17H,5-9,11H2,1-4H3. The molecule has 2 rings (SSSR count). The van der Waals surface area contributed by atoms with E-state index in [4.69, 9.17) is 5.10 Å². The number of hydrogen-bond donors (Lipinski definition) is 1. The van der Waals surface area contributed by atoms with Crippen molar-refractivity contribution in [2.24, 2.45) is 5.92 Å². The number of rotatable bonds is 5. The first kappa shape index (κ1) is 14.6. The van der Waals surface area contributed by atoms with Gasteiger partial charge in [0.2, 0.25) is 0 Å². The van der Waals surface area contributed by atoms with Crippen LogP contribution in [0, 0.1) is 19.8 Å². The van der Waals surface area contributed by atoms with Gasteiger partial charge in [0.05, 0.1) is 11.7 Å². The van der Waals surface area contributed by atoms with E-state index in [9.17, 15) is 0 Å². The van der Waals surface area contributed by atoms with Gasteiger partial charge < -0.3 is 5.32 Å². The van der Waals surface area contributed by atoms with Crippen LogP contribution < -0.4 is 5.32 Å². The number of aromatic nitrogens is 2. The van der Waals surface area contributed by atoms with Crippen LogP contribution in [0.4, 0.5) is 0 Å². The Hall–Kier alpha value is -0.830. The fourth-order valence-corrected chi connectivity index (χ4v) is 3.42. The first-order valence-corrected chi connectivity index (χ1v) is 7.91. The van der Waals surface area contributed by atoms with Crippen LogP contribution in [0.2, 0.25) is 0 Å². The van der Waals surface area contributed by atoms with E-state index in [0.717, 1.165) is 18.2 Å². The molecule has 1 saturated carbocycles. The van der Waals surface area contributed by atoms with Gasteiger partial charge >= 0.3 is 0 Å². The SMILES string of the molecule is CCCNC1CCC(CC)CC1n1nc(C)cc1C. The lowest BCUT2D eigenvalue weighted by Crippen LogP contribution is -2.42. The maximum atomic E-state index is 4.74. The summed E-state index contributed by atoms with van der Waals surface area (Å²) in [4.78, 5) is 0. The molecule has 3 heteroatoms. The van der Waals surface area contributed by atoms with E-state index in [1.165, 1.54) is 37.8 Å². The molecule has 0 bridgehead atoms. The monoisotopic (exact) mass is 263 g/mol. The molecule has 108 valence electrons. The van der Waals surface area contributed by atoms with Crippen molar-refractivity contribution in [3.8, 4) is 0 Å². The lowest BCUT2D eigenvalue weighted by Gasteiger charge is -2.37. The zero-order valence-electron chi connectivity index (χ0n) is 12.9.